The lowest BCUT2D eigenvalue weighted by molar-refractivity contribution is -0.121. The summed E-state index contributed by atoms with van der Waals surface area (Å²) < 4.78 is 11.0. The SMILES string of the molecule is CCCOCCCNC(=O)CCCCCOC(C)(C)C. The Morgan fingerprint density at radius 2 is 1.75 bits per heavy atom. The van der Waals surface area contributed by atoms with E-state index in [0.717, 1.165) is 58.5 Å². The fourth-order valence-corrected chi connectivity index (χ4v) is 1.68. The van der Waals surface area contributed by atoms with Crippen LogP contribution in [0.15, 0.2) is 0 Å². The van der Waals surface area contributed by atoms with Gasteiger partial charge in [-0.3, -0.25) is 4.79 Å². The van der Waals surface area contributed by atoms with Crippen LogP contribution in [-0.4, -0.2) is 37.9 Å². The Hall–Kier alpha value is -0.610. The molecular weight excluding hydrogens is 254 g/mol. The number of hydrogen-bond acceptors (Lipinski definition) is 3. The molecule has 120 valence electrons. The molecule has 0 unspecified atom stereocenters. The molecule has 0 aliphatic carbocycles. The molecule has 1 N–H and O–H groups in total. The van der Waals surface area contributed by atoms with Gasteiger partial charge in [0.05, 0.1) is 5.60 Å². The van der Waals surface area contributed by atoms with Crippen LogP contribution in [0.1, 0.15) is 66.2 Å². The first-order chi connectivity index (χ1) is 9.45. The smallest absolute Gasteiger partial charge is 0.219 e. The lowest BCUT2D eigenvalue weighted by Crippen LogP contribution is -2.25. The summed E-state index contributed by atoms with van der Waals surface area (Å²) in [6, 6.07) is 0. The lowest BCUT2D eigenvalue weighted by atomic mass is 10.1. The number of carbonyl (C=O) groups excluding carboxylic acids is 1. The third kappa shape index (κ3) is 15.4. The molecule has 0 aromatic carbocycles. The van der Waals surface area contributed by atoms with E-state index < -0.39 is 0 Å². The van der Waals surface area contributed by atoms with Crippen molar-refractivity contribution in [1.82, 2.24) is 5.32 Å². The van der Waals surface area contributed by atoms with Crippen LogP contribution in [0, 0.1) is 0 Å². The van der Waals surface area contributed by atoms with Gasteiger partial charge in [-0.25, -0.2) is 0 Å². The van der Waals surface area contributed by atoms with E-state index in [-0.39, 0.29) is 11.5 Å². The summed E-state index contributed by atoms with van der Waals surface area (Å²) in [7, 11) is 0. The minimum atomic E-state index is -0.0583. The Morgan fingerprint density at radius 1 is 1.00 bits per heavy atom. The molecule has 0 aromatic heterocycles. The molecule has 0 aliphatic rings. The summed E-state index contributed by atoms with van der Waals surface area (Å²) in [6.45, 7) is 11.3. The van der Waals surface area contributed by atoms with Crippen LogP contribution in [0.5, 0.6) is 0 Å². The van der Waals surface area contributed by atoms with E-state index in [1.165, 1.54) is 0 Å². The van der Waals surface area contributed by atoms with Gasteiger partial charge in [-0.05, 0) is 46.5 Å². The number of hydrogen-bond donors (Lipinski definition) is 1. The van der Waals surface area contributed by atoms with Crippen molar-refractivity contribution < 1.29 is 14.3 Å². The van der Waals surface area contributed by atoms with Crippen LogP contribution in [-0.2, 0) is 14.3 Å². The number of rotatable bonds is 12. The molecule has 0 heterocycles. The largest absolute Gasteiger partial charge is 0.381 e. The summed E-state index contributed by atoms with van der Waals surface area (Å²) in [5.41, 5.74) is -0.0583. The van der Waals surface area contributed by atoms with Gasteiger partial charge in [-0.2, -0.15) is 0 Å². The van der Waals surface area contributed by atoms with Gasteiger partial charge in [0.2, 0.25) is 5.91 Å². The van der Waals surface area contributed by atoms with Crippen molar-refractivity contribution in [2.24, 2.45) is 0 Å². The minimum absolute atomic E-state index is 0.0583. The zero-order valence-corrected chi connectivity index (χ0v) is 13.8. The number of unbranched alkanes of at least 4 members (excludes halogenated alkanes) is 2. The van der Waals surface area contributed by atoms with Gasteiger partial charge >= 0.3 is 0 Å². The summed E-state index contributed by atoms with van der Waals surface area (Å²) in [5.74, 6) is 0.150. The van der Waals surface area contributed by atoms with Crippen molar-refractivity contribution >= 4 is 5.91 Å². The van der Waals surface area contributed by atoms with Crippen molar-refractivity contribution in [2.45, 2.75) is 71.8 Å². The Balaban J connectivity index is 3.24. The van der Waals surface area contributed by atoms with E-state index in [9.17, 15) is 4.79 Å². The topological polar surface area (TPSA) is 47.6 Å². The molecule has 0 spiro atoms. The third-order valence-corrected chi connectivity index (χ3v) is 2.72. The summed E-state index contributed by atoms with van der Waals surface area (Å²) in [5, 5.41) is 2.92. The molecule has 0 aromatic rings. The number of nitrogens with one attached hydrogen (secondary N) is 1. The maximum atomic E-state index is 11.5. The van der Waals surface area contributed by atoms with Crippen LogP contribution in [0.2, 0.25) is 0 Å². The Morgan fingerprint density at radius 3 is 2.40 bits per heavy atom. The predicted molar refractivity (Wildman–Crippen MR) is 82.9 cm³/mol. The van der Waals surface area contributed by atoms with Crippen LogP contribution in [0.25, 0.3) is 0 Å². The van der Waals surface area contributed by atoms with Gasteiger partial charge in [0, 0.05) is 32.8 Å². The Labute approximate surface area is 124 Å². The third-order valence-electron chi connectivity index (χ3n) is 2.72. The van der Waals surface area contributed by atoms with Gasteiger partial charge in [-0.1, -0.05) is 13.3 Å². The second kappa shape index (κ2) is 12.2. The van der Waals surface area contributed by atoms with Crippen molar-refractivity contribution in [3.05, 3.63) is 0 Å². The zero-order valence-electron chi connectivity index (χ0n) is 13.8. The van der Waals surface area contributed by atoms with Gasteiger partial charge in [0.15, 0.2) is 0 Å². The molecule has 4 nitrogen and oxygen atoms in total. The average Bonchev–Trinajstić information content (AvgIpc) is 2.36. The van der Waals surface area contributed by atoms with E-state index >= 15 is 0 Å². The van der Waals surface area contributed by atoms with E-state index in [2.05, 4.69) is 33.0 Å². The molecule has 0 saturated heterocycles. The standard InChI is InChI=1S/C16H33NO3/c1-5-12-19-13-9-11-17-15(18)10-7-6-8-14-20-16(2,3)4/h5-14H2,1-4H3,(H,17,18). The van der Waals surface area contributed by atoms with Crippen molar-refractivity contribution in [3.8, 4) is 0 Å². The molecule has 0 bridgehead atoms. The highest BCUT2D eigenvalue weighted by Gasteiger charge is 2.08. The molecule has 0 atom stereocenters. The van der Waals surface area contributed by atoms with Crippen molar-refractivity contribution in [2.75, 3.05) is 26.4 Å². The van der Waals surface area contributed by atoms with Crippen LogP contribution >= 0.6 is 0 Å². The van der Waals surface area contributed by atoms with Crippen LogP contribution < -0.4 is 5.32 Å². The number of ether oxygens (including phenoxy) is 2. The maximum absolute atomic E-state index is 11.5. The van der Waals surface area contributed by atoms with Gasteiger partial charge in [0.25, 0.3) is 0 Å². The molecular formula is C16H33NO3. The fourth-order valence-electron chi connectivity index (χ4n) is 1.68. The quantitative estimate of drug-likeness (QED) is 0.560. The maximum Gasteiger partial charge on any atom is 0.219 e. The van der Waals surface area contributed by atoms with E-state index in [1.54, 1.807) is 0 Å². The summed E-state index contributed by atoms with van der Waals surface area (Å²) >= 11 is 0. The van der Waals surface area contributed by atoms with Crippen LogP contribution in [0.3, 0.4) is 0 Å². The monoisotopic (exact) mass is 287 g/mol. The molecule has 4 heteroatoms. The number of amides is 1. The highest BCUT2D eigenvalue weighted by atomic mass is 16.5. The van der Waals surface area contributed by atoms with E-state index in [1.807, 2.05) is 0 Å². The molecule has 0 rings (SSSR count). The molecule has 20 heavy (non-hydrogen) atoms. The minimum Gasteiger partial charge on any atom is -0.381 e. The van der Waals surface area contributed by atoms with Crippen molar-refractivity contribution in [1.29, 1.82) is 0 Å². The van der Waals surface area contributed by atoms with E-state index in [0.29, 0.717) is 6.42 Å². The van der Waals surface area contributed by atoms with Crippen molar-refractivity contribution in [3.63, 3.8) is 0 Å². The molecule has 0 fully saturated rings. The predicted octanol–water partition coefficient (Wildman–Crippen LogP) is 3.29. The molecule has 0 aliphatic heterocycles. The average molecular weight is 287 g/mol. The lowest BCUT2D eigenvalue weighted by Gasteiger charge is -2.19. The van der Waals surface area contributed by atoms with Gasteiger partial charge in [0.1, 0.15) is 0 Å². The molecule has 1 amide bonds. The zero-order chi connectivity index (χ0) is 15.3. The Kier molecular flexibility index (Phi) is 11.8. The molecule has 0 saturated carbocycles. The summed E-state index contributed by atoms with van der Waals surface area (Å²) in [6.07, 6.45) is 5.56. The van der Waals surface area contributed by atoms with Crippen LogP contribution in [0.4, 0.5) is 0 Å². The fraction of sp³-hybridized carbons (Fsp3) is 0.938. The normalized spacial score (nSPS) is 11.6. The second-order valence-corrected chi connectivity index (χ2v) is 6.09. The molecule has 0 radical (unpaired) electrons. The Bertz CT molecular complexity index is 236. The highest BCUT2D eigenvalue weighted by molar-refractivity contribution is 5.75. The van der Waals surface area contributed by atoms with Gasteiger partial charge < -0.3 is 14.8 Å². The second-order valence-electron chi connectivity index (χ2n) is 6.09. The summed E-state index contributed by atoms with van der Waals surface area (Å²) in [4.78, 5) is 11.5. The first-order valence-electron chi connectivity index (χ1n) is 7.94. The highest BCUT2D eigenvalue weighted by Crippen LogP contribution is 2.08. The first kappa shape index (κ1) is 19.4. The van der Waals surface area contributed by atoms with Gasteiger partial charge in [-0.15, -0.1) is 0 Å². The van der Waals surface area contributed by atoms with E-state index in [4.69, 9.17) is 9.47 Å². The first-order valence-corrected chi connectivity index (χ1v) is 7.94. The number of carbonyl (C=O) groups is 1.